The zero-order valence-electron chi connectivity index (χ0n) is 10.9. The second-order valence-corrected chi connectivity index (χ2v) is 4.09. The Morgan fingerprint density at radius 3 is 2.95 bits per heavy atom. The number of nitrogens with two attached hydrogens (primary N) is 1. The van der Waals surface area contributed by atoms with Gasteiger partial charge in [0, 0.05) is 32.2 Å². The second kappa shape index (κ2) is 6.10. The highest BCUT2D eigenvalue weighted by atomic mass is 16.5. The molecular formula is C11H17N7O. The summed E-state index contributed by atoms with van der Waals surface area (Å²) in [5, 5.41) is 7.21. The number of anilines is 2. The predicted octanol–water partition coefficient (Wildman–Crippen LogP) is 0.476. The van der Waals surface area contributed by atoms with Crippen molar-refractivity contribution in [3.05, 3.63) is 18.5 Å². The molecule has 8 heteroatoms. The number of hydrogen-bond acceptors (Lipinski definition) is 7. The molecule has 1 atom stereocenters. The van der Waals surface area contributed by atoms with Gasteiger partial charge in [-0.3, -0.25) is 0 Å². The molecule has 2 aromatic heterocycles. The van der Waals surface area contributed by atoms with Crippen LogP contribution in [0.25, 0.3) is 5.95 Å². The molecule has 0 aromatic carbocycles. The maximum absolute atomic E-state index is 5.67. The van der Waals surface area contributed by atoms with Crippen molar-refractivity contribution in [1.29, 1.82) is 0 Å². The molecule has 3 N–H and O–H groups in total. The maximum atomic E-state index is 5.67. The van der Waals surface area contributed by atoms with Crippen molar-refractivity contribution in [2.45, 2.75) is 19.4 Å². The van der Waals surface area contributed by atoms with Gasteiger partial charge in [-0.15, -0.1) is 0 Å². The van der Waals surface area contributed by atoms with Crippen LogP contribution in [-0.4, -0.2) is 44.5 Å². The molecule has 0 spiro atoms. The van der Waals surface area contributed by atoms with E-state index < -0.39 is 0 Å². The lowest BCUT2D eigenvalue weighted by Gasteiger charge is -2.13. The summed E-state index contributed by atoms with van der Waals surface area (Å²) in [7, 11) is 1.67. The molecule has 0 radical (unpaired) electrons. The zero-order chi connectivity index (χ0) is 13.7. The molecule has 2 heterocycles. The number of methoxy groups -OCH3 is 1. The first kappa shape index (κ1) is 13.2. The van der Waals surface area contributed by atoms with Crippen LogP contribution in [0.4, 0.5) is 11.9 Å². The van der Waals surface area contributed by atoms with Crippen LogP contribution in [0.5, 0.6) is 0 Å². The van der Waals surface area contributed by atoms with Gasteiger partial charge in [-0.1, -0.05) is 0 Å². The molecule has 19 heavy (non-hydrogen) atoms. The fraction of sp³-hybridized carbons (Fsp3) is 0.455. The lowest BCUT2D eigenvalue weighted by Crippen LogP contribution is -2.20. The van der Waals surface area contributed by atoms with Gasteiger partial charge in [0.05, 0.1) is 0 Å². The Kier molecular flexibility index (Phi) is 4.24. The zero-order valence-corrected chi connectivity index (χ0v) is 10.9. The second-order valence-electron chi connectivity index (χ2n) is 4.09. The van der Waals surface area contributed by atoms with E-state index in [9.17, 15) is 0 Å². The van der Waals surface area contributed by atoms with Gasteiger partial charge in [-0.05, 0) is 19.4 Å². The third-order valence-electron chi connectivity index (χ3n) is 2.48. The smallest absolute Gasteiger partial charge is 0.257 e. The molecular weight excluding hydrogens is 246 g/mol. The molecule has 0 fully saturated rings. The Morgan fingerprint density at radius 2 is 2.26 bits per heavy atom. The van der Waals surface area contributed by atoms with E-state index in [0.29, 0.717) is 18.5 Å². The molecule has 0 amide bonds. The first-order valence-electron chi connectivity index (χ1n) is 5.96. The highest BCUT2D eigenvalue weighted by Gasteiger charge is 2.09. The summed E-state index contributed by atoms with van der Waals surface area (Å²) < 4.78 is 6.56. The lowest BCUT2D eigenvalue weighted by molar-refractivity contribution is 0.191. The fourth-order valence-corrected chi connectivity index (χ4v) is 1.52. The van der Waals surface area contributed by atoms with Gasteiger partial charge in [0.25, 0.3) is 5.95 Å². The van der Waals surface area contributed by atoms with Crippen molar-refractivity contribution >= 4 is 11.9 Å². The number of nitrogen functional groups attached to an aromatic ring is 1. The van der Waals surface area contributed by atoms with Crippen molar-refractivity contribution in [3.63, 3.8) is 0 Å². The van der Waals surface area contributed by atoms with Gasteiger partial charge in [-0.2, -0.15) is 20.1 Å². The lowest BCUT2D eigenvalue weighted by atomic mass is 10.2. The molecule has 0 bridgehead atoms. The minimum absolute atomic E-state index is 0.155. The standard InChI is InChI=1S/C11H17N7O/c1-8(4-7-19-2)14-10-15-9(12)16-11(17-10)18-6-3-5-13-18/h3,5-6,8H,4,7H2,1-2H3,(H3,12,14,15,16,17). The minimum Gasteiger partial charge on any atom is -0.385 e. The van der Waals surface area contributed by atoms with Crippen LogP contribution in [0, 0.1) is 0 Å². The largest absolute Gasteiger partial charge is 0.385 e. The van der Waals surface area contributed by atoms with Gasteiger partial charge in [0.1, 0.15) is 0 Å². The quantitative estimate of drug-likeness (QED) is 0.780. The first-order valence-corrected chi connectivity index (χ1v) is 5.96. The van der Waals surface area contributed by atoms with Crippen LogP contribution in [0.3, 0.4) is 0 Å². The minimum atomic E-state index is 0.155. The van der Waals surface area contributed by atoms with Crippen LogP contribution < -0.4 is 11.1 Å². The van der Waals surface area contributed by atoms with Crippen LogP contribution in [-0.2, 0) is 4.74 Å². The third-order valence-corrected chi connectivity index (χ3v) is 2.48. The van der Waals surface area contributed by atoms with Crippen LogP contribution >= 0.6 is 0 Å². The Labute approximate surface area is 111 Å². The summed E-state index contributed by atoms with van der Waals surface area (Å²) in [5.41, 5.74) is 5.67. The number of nitrogens with zero attached hydrogens (tertiary/aromatic N) is 5. The van der Waals surface area contributed by atoms with Crippen molar-refractivity contribution in [1.82, 2.24) is 24.7 Å². The van der Waals surface area contributed by atoms with Gasteiger partial charge in [-0.25, -0.2) is 4.68 Å². The van der Waals surface area contributed by atoms with Crippen molar-refractivity contribution < 1.29 is 4.74 Å². The summed E-state index contributed by atoms with van der Waals surface area (Å²) in [6, 6.07) is 1.96. The molecule has 2 rings (SSSR count). The summed E-state index contributed by atoms with van der Waals surface area (Å²) in [5.74, 6) is 0.975. The predicted molar refractivity (Wildman–Crippen MR) is 70.9 cm³/mol. The van der Waals surface area contributed by atoms with E-state index in [1.807, 2.05) is 6.92 Å². The van der Waals surface area contributed by atoms with Gasteiger partial charge in [0.15, 0.2) is 0 Å². The maximum Gasteiger partial charge on any atom is 0.257 e. The van der Waals surface area contributed by atoms with Gasteiger partial charge in [0.2, 0.25) is 11.9 Å². The average Bonchev–Trinajstić information content (AvgIpc) is 2.89. The molecule has 0 saturated carbocycles. The number of rotatable bonds is 6. The Morgan fingerprint density at radius 1 is 1.42 bits per heavy atom. The van der Waals surface area contributed by atoms with Crippen molar-refractivity contribution in [2.75, 3.05) is 24.8 Å². The monoisotopic (exact) mass is 263 g/mol. The van der Waals surface area contributed by atoms with E-state index in [-0.39, 0.29) is 12.0 Å². The normalized spacial score (nSPS) is 12.3. The number of aromatic nitrogens is 5. The van der Waals surface area contributed by atoms with E-state index in [1.54, 1.807) is 25.6 Å². The molecule has 0 aliphatic rings. The molecule has 1 unspecified atom stereocenters. The van der Waals surface area contributed by atoms with E-state index in [0.717, 1.165) is 6.42 Å². The molecule has 2 aromatic rings. The van der Waals surface area contributed by atoms with Crippen LogP contribution in [0.1, 0.15) is 13.3 Å². The summed E-state index contributed by atoms with van der Waals surface area (Å²) in [6.45, 7) is 2.69. The number of hydrogen-bond donors (Lipinski definition) is 2. The SMILES string of the molecule is COCCC(C)Nc1nc(N)nc(-n2cccn2)n1. The summed E-state index contributed by atoms with van der Waals surface area (Å²) >= 11 is 0. The Bertz CT molecular complexity index is 514. The van der Waals surface area contributed by atoms with Gasteiger partial charge >= 0.3 is 0 Å². The van der Waals surface area contributed by atoms with Gasteiger partial charge < -0.3 is 15.8 Å². The molecule has 0 saturated heterocycles. The van der Waals surface area contributed by atoms with Crippen molar-refractivity contribution in [3.8, 4) is 5.95 Å². The van der Waals surface area contributed by atoms with E-state index in [1.165, 1.54) is 4.68 Å². The Hall–Kier alpha value is -2.22. The highest BCUT2D eigenvalue weighted by molar-refractivity contribution is 5.35. The fourth-order valence-electron chi connectivity index (χ4n) is 1.52. The van der Waals surface area contributed by atoms with E-state index in [2.05, 4.69) is 25.4 Å². The van der Waals surface area contributed by atoms with E-state index >= 15 is 0 Å². The molecule has 0 aliphatic carbocycles. The summed E-state index contributed by atoms with van der Waals surface area (Å²) in [6.07, 6.45) is 4.24. The first-order chi connectivity index (χ1) is 9.19. The number of ether oxygens (including phenoxy) is 1. The Balaban J connectivity index is 2.13. The van der Waals surface area contributed by atoms with Crippen molar-refractivity contribution in [2.24, 2.45) is 0 Å². The number of nitrogens with one attached hydrogen (secondary N) is 1. The summed E-state index contributed by atoms with van der Waals surface area (Å²) in [4.78, 5) is 12.4. The van der Waals surface area contributed by atoms with Crippen LogP contribution in [0.15, 0.2) is 18.5 Å². The average molecular weight is 263 g/mol. The van der Waals surface area contributed by atoms with Crippen LogP contribution in [0.2, 0.25) is 0 Å². The molecule has 0 aliphatic heterocycles. The molecule has 8 nitrogen and oxygen atoms in total. The highest BCUT2D eigenvalue weighted by Crippen LogP contribution is 2.08. The topological polar surface area (TPSA) is 104 Å². The molecule has 102 valence electrons. The van der Waals surface area contributed by atoms with E-state index in [4.69, 9.17) is 10.5 Å². The third kappa shape index (κ3) is 3.62.